The number of hydrogen-bond acceptors (Lipinski definition) is 19. The van der Waals surface area contributed by atoms with Crippen molar-refractivity contribution in [1.29, 1.82) is 10.5 Å². The first-order valence-electron chi connectivity index (χ1n) is 32.5. The maximum atomic E-state index is 13.6. The second kappa shape index (κ2) is 31.6. The average molecular weight is 1340 g/mol. The summed E-state index contributed by atoms with van der Waals surface area (Å²) in [6.07, 6.45) is 20.5. The largest absolute Gasteiger partial charge is 0.481 e. The number of imidazole rings is 2. The van der Waals surface area contributed by atoms with Gasteiger partial charge in [0, 0.05) is 130 Å². The molecule has 0 spiro atoms. The minimum absolute atomic E-state index is 0. The number of likely N-dealkylation sites (tertiary alicyclic amines) is 1. The van der Waals surface area contributed by atoms with Crippen LogP contribution < -0.4 is 24.9 Å². The van der Waals surface area contributed by atoms with Crippen molar-refractivity contribution in [1.82, 2.24) is 58.9 Å². The number of carboxylic acids is 1. The number of fused-ring (bicyclic) bond motifs is 2. The summed E-state index contributed by atoms with van der Waals surface area (Å²) < 4.78 is 46.6. The number of piperidine rings is 2. The van der Waals surface area contributed by atoms with Crippen molar-refractivity contribution in [2.75, 3.05) is 93.2 Å². The zero-order valence-corrected chi connectivity index (χ0v) is 54.9. The molecule has 8 aromatic heterocycles. The monoisotopic (exact) mass is 1340 g/mol. The lowest BCUT2D eigenvalue weighted by molar-refractivity contribution is -0.142. The van der Waals surface area contributed by atoms with Gasteiger partial charge in [0.2, 0.25) is 17.8 Å². The van der Waals surface area contributed by atoms with Crippen molar-refractivity contribution >= 4 is 79.6 Å². The van der Waals surface area contributed by atoms with Crippen LogP contribution in [0.4, 0.5) is 47.0 Å². The fourth-order valence-corrected chi connectivity index (χ4v) is 14.0. The molecule has 4 aliphatic heterocycles. The van der Waals surface area contributed by atoms with E-state index in [0.29, 0.717) is 99.1 Å². The van der Waals surface area contributed by atoms with Crippen LogP contribution in [-0.4, -0.2) is 144 Å². The molecule has 0 unspecified atom stereocenters. The third-order valence-corrected chi connectivity index (χ3v) is 19.5. The van der Waals surface area contributed by atoms with Crippen LogP contribution in [0, 0.1) is 46.1 Å². The topological polar surface area (TPSA) is 242 Å². The lowest BCUT2D eigenvalue weighted by Gasteiger charge is -2.33. The number of benzene rings is 2. The Hall–Kier alpha value is -9.89. The molecule has 2 N–H and O–H groups in total. The number of anilines is 6. The van der Waals surface area contributed by atoms with Crippen LogP contribution in [0.5, 0.6) is 0 Å². The lowest BCUT2D eigenvalue weighted by atomic mass is 9.95. The molecule has 21 nitrogen and oxygen atoms in total. The number of carbonyl (C=O) groups excluding carboxylic acids is 1. The summed E-state index contributed by atoms with van der Waals surface area (Å²) in [6.45, 7) is 11.2. The zero-order valence-electron chi connectivity index (χ0n) is 54.3. The Morgan fingerprint density at radius 3 is 1.33 bits per heavy atom. The Kier molecular flexibility index (Phi) is 22.2. The number of amides is 1. The predicted octanol–water partition coefficient (Wildman–Crippen LogP) is 13.2. The van der Waals surface area contributed by atoms with Gasteiger partial charge in [-0.05, 0) is 150 Å². The maximum absolute atomic E-state index is 13.6. The summed E-state index contributed by atoms with van der Waals surface area (Å²) in [7, 11) is 2.82. The van der Waals surface area contributed by atoms with Gasteiger partial charge < -0.3 is 34.9 Å². The molecule has 2 aromatic carbocycles. The minimum atomic E-state index is -1.00. The first-order chi connectivity index (χ1) is 46.7. The molecule has 96 heavy (non-hydrogen) atoms. The molecular formula is C70H77F3N18O3S2. The molecule has 4 saturated heterocycles. The van der Waals surface area contributed by atoms with Gasteiger partial charge in [0.1, 0.15) is 67.8 Å². The number of nitriles is 2. The third-order valence-electron chi connectivity index (χ3n) is 17.4. The summed E-state index contributed by atoms with van der Waals surface area (Å²) in [5, 5.41) is 33.4. The number of aliphatic carboxylic acids is 1. The predicted molar refractivity (Wildman–Crippen MR) is 371 cm³/mol. The molecule has 0 radical (unpaired) electrons. The third kappa shape index (κ3) is 15.1. The number of aromatic nitrogens is 10. The number of halogens is 3. The van der Waals surface area contributed by atoms with Gasteiger partial charge in [-0.2, -0.15) is 10.5 Å². The number of nitrogens with one attached hydrogen (secondary N) is 1. The Morgan fingerprint density at radius 1 is 0.594 bits per heavy atom. The van der Waals surface area contributed by atoms with E-state index in [1.165, 1.54) is 72.9 Å². The summed E-state index contributed by atoms with van der Waals surface area (Å²) in [4.78, 5) is 73.0. The standard InChI is InChI=1S/C34H34FN9OS.C30H27FN8O2S.C4H9N.CH3F.CH4/c1-3-27-31(41(2)34-40-30(28(18-36)46-34)22-6-9-26(35)10-7-22)44-21-24(8-11-29(44)39-27)25-19-37-33(38-20-25)43-16-12-23(13-17-43)32(45)42-14-4-5-15-42;1-3-23-27(37(2)30-36-26(24(14-32)42-30)18-4-7-22(31)8-5-18)39-17-20(6-9-25(39)35-23)21-15-33-29(34-16-21)38-12-10-19(11-13-38)28(40)41;1-2-4-5-3-1;1-2;/h6-11,19-21,23H,3-5,12-17H2,1-2H3;4-9,15-17,19H,3,10-13H2,1-2H3,(H,40,41);5H,1-4H2;1H3;1H4/i;;;1D;. The van der Waals surface area contributed by atoms with Gasteiger partial charge in [-0.1, -0.05) is 43.9 Å². The Morgan fingerprint density at radius 2 is 0.979 bits per heavy atom. The number of rotatable bonds is 14. The molecule has 498 valence electrons. The molecule has 4 aliphatic rings. The minimum Gasteiger partial charge on any atom is -0.481 e. The molecule has 26 heteroatoms. The molecular weight excluding hydrogens is 1260 g/mol. The van der Waals surface area contributed by atoms with E-state index in [0.717, 1.165) is 108 Å². The summed E-state index contributed by atoms with van der Waals surface area (Å²) in [5.74, 6) is 1.63. The molecule has 0 atom stereocenters. The number of alkyl halides is 1. The highest BCUT2D eigenvalue weighted by Crippen LogP contribution is 2.40. The van der Waals surface area contributed by atoms with Crippen molar-refractivity contribution < 1.29 is 29.2 Å². The highest BCUT2D eigenvalue weighted by molar-refractivity contribution is 7.17. The van der Waals surface area contributed by atoms with Gasteiger partial charge in [-0.15, -0.1) is 0 Å². The van der Waals surface area contributed by atoms with Gasteiger partial charge in [-0.25, -0.2) is 48.7 Å². The number of nitrogens with zero attached hydrogens (tertiary/aromatic N) is 17. The number of thiazole rings is 2. The average Bonchev–Trinajstić information content (AvgIpc) is 1.63. The number of hydrogen-bond donors (Lipinski definition) is 2. The van der Waals surface area contributed by atoms with Crippen molar-refractivity contribution in [2.24, 2.45) is 11.8 Å². The second-order valence-corrected chi connectivity index (χ2v) is 25.3. The second-order valence-electron chi connectivity index (χ2n) is 23.4. The highest BCUT2D eigenvalue weighted by Gasteiger charge is 2.32. The van der Waals surface area contributed by atoms with E-state index >= 15 is 0 Å². The SMILES string of the molecule is C.C1CCNC1.CCc1nc2ccc(-c3cnc(N4CCC(C(=O)N5CCCC5)CC4)nc3)cn2c1N(C)c1nc(-c2ccc(F)cc2)c(C#N)s1.CCc1nc2ccc(-c3cnc(N4CCC(C(=O)O)CC4)nc3)cn2c1N(C)c1nc(-c2ccc(F)cc2)c(C#N)s1.[2H]CF. The summed E-state index contributed by atoms with van der Waals surface area (Å²) in [6, 6.07) is 24.4. The van der Waals surface area contributed by atoms with Crippen LogP contribution in [0.25, 0.3) is 56.1 Å². The normalized spacial score (nSPS) is 14.9. The molecule has 1 amide bonds. The van der Waals surface area contributed by atoms with Gasteiger partial charge in [0.25, 0.3) is 0 Å². The number of pyridine rings is 2. The zero-order chi connectivity index (χ0) is 67.4. The van der Waals surface area contributed by atoms with E-state index in [-0.39, 0.29) is 30.9 Å². The van der Waals surface area contributed by atoms with Gasteiger partial charge in [0.15, 0.2) is 10.3 Å². The van der Waals surface area contributed by atoms with Gasteiger partial charge in [-0.3, -0.25) is 22.8 Å². The van der Waals surface area contributed by atoms with Gasteiger partial charge in [0.05, 0.1) is 25.8 Å². The Bertz CT molecular complexity index is 4390. The first kappa shape index (κ1) is 67.5. The molecule has 10 aromatic rings. The number of carboxylic acid groups (broad SMARTS) is 1. The van der Waals surface area contributed by atoms with Crippen LogP contribution in [-0.2, 0) is 22.4 Å². The summed E-state index contributed by atoms with van der Waals surface area (Å²) >= 11 is 2.56. The van der Waals surface area contributed by atoms with Crippen LogP contribution in [0.3, 0.4) is 0 Å². The van der Waals surface area contributed by atoms with E-state index in [1.54, 1.807) is 36.7 Å². The lowest BCUT2D eigenvalue weighted by Crippen LogP contribution is -2.42. The molecule has 14 rings (SSSR count). The highest BCUT2D eigenvalue weighted by atomic mass is 32.1. The van der Waals surface area contributed by atoms with Crippen LogP contribution in [0.2, 0.25) is 0 Å². The van der Waals surface area contributed by atoms with E-state index < -0.39 is 13.1 Å². The Balaban J connectivity index is 0.000000188. The smallest absolute Gasteiger partial charge is 0.306 e. The molecule has 0 aliphatic carbocycles. The van der Waals surface area contributed by atoms with Crippen LogP contribution in [0.15, 0.2) is 110 Å². The van der Waals surface area contributed by atoms with E-state index in [1.807, 2.05) is 98.5 Å². The fourth-order valence-electron chi connectivity index (χ4n) is 12.3. The quantitative estimate of drug-likeness (QED) is 0.103. The van der Waals surface area contributed by atoms with E-state index in [2.05, 4.69) is 39.2 Å². The number of carbonyl (C=O) groups is 2. The first-order valence-corrected chi connectivity index (χ1v) is 33.4. The molecule has 4 fully saturated rings. The van der Waals surface area contributed by atoms with E-state index in [9.17, 15) is 38.4 Å². The molecule has 0 saturated carbocycles. The number of aryl methyl sites for hydroxylation is 2. The Labute approximate surface area is 565 Å². The van der Waals surface area contributed by atoms with Crippen LogP contribution in [0.1, 0.15) is 95.2 Å². The summed E-state index contributed by atoms with van der Waals surface area (Å²) in [5.41, 5.74) is 9.30. The fraction of sp³-hybridized carbons (Fsp3) is 0.371. The maximum Gasteiger partial charge on any atom is 0.306 e. The van der Waals surface area contributed by atoms with Gasteiger partial charge >= 0.3 is 5.97 Å². The molecule has 12 heterocycles. The van der Waals surface area contributed by atoms with Crippen molar-refractivity contribution in [3.05, 3.63) is 143 Å². The van der Waals surface area contributed by atoms with Crippen LogP contribution >= 0.6 is 22.7 Å². The van der Waals surface area contributed by atoms with Crippen molar-refractivity contribution in [2.45, 2.75) is 85.5 Å². The van der Waals surface area contributed by atoms with Crippen molar-refractivity contribution in [3.8, 4) is 56.9 Å². The van der Waals surface area contributed by atoms with Crippen molar-refractivity contribution in [3.63, 3.8) is 0 Å². The molecule has 0 bridgehead atoms. The van der Waals surface area contributed by atoms with E-state index in [4.69, 9.17) is 31.3 Å².